The first-order chi connectivity index (χ1) is 9.79. The number of hydrogen-bond acceptors (Lipinski definition) is 4. The number of alkyl halides is 3. The van der Waals surface area contributed by atoms with E-state index in [1.54, 1.807) is 0 Å². The van der Waals surface area contributed by atoms with Crippen molar-refractivity contribution in [2.24, 2.45) is 7.05 Å². The second-order valence-corrected chi connectivity index (χ2v) is 4.79. The topological polar surface area (TPSA) is 57.5 Å². The van der Waals surface area contributed by atoms with Crippen LogP contribution in [-0.4, -0.2) is 35.5 Å². The van der Waals surface area contributed by atoms with Crippen LogP contribution < -0.4 is 5.56 Å². The van der Waals surface area contributed by atoms with Gasteiger partial charge in [0.15, 0.2) is 0 Å². The fourth-order valence-corrected chi connectivity index (χ4v) is 2.09. The van der Waals surface area contributed by atoms with Gasteiger partial charge in [-0.15, -0.1) is 0 Å². The summed E-state index contributed by atoms with van der Waals surface area (Å²) >= 11 is 0. The van der Waals surface area contributed by atoms with Crippen LogP contribution in [0.25, 0.3) is 0 Å². The number of ether oxygens (including phenoxy) is 2. The van der Waals surface area contributed by atoms with E-state index in [1.165, 1.54) is 7.05 Å². The minimum Gasteiger partial charge on any atom is -0.446 e. The van der Waals surface area contributed by atoms with Crippen LogP contribution in [0.3, 0.4) is 0 Å². The van der Waals surface area contributed by atoms with E-state index in [1.807, 2.05) is 0 Å². The molecular formula is C13H14F3NO4. The monoisotopic (exact) mass is 305 g/mol. The molecule has 1 saturated heterocycles. The third-order valence-electron chi connectivity index (χ3n) is 3.18. The van der Waals surface area contributed by atoms with Gasteiger partial charge in [-0.1, -0.05) is 0 Å². The van der Waals surface area contributed by atoms with E-state index < -0.39 is 24.4 Å². The lowest BCUT2D eigenvalue weighted by atomic mass is 10.1. The summed E-state index contributed by atoms with van der Waals surface area (Å²) in [4.78, 5) is 23.0. The Kier molecular flexibility index (Phi) is 4.36. The molecule has 116 valence electrons. The van der Waals surface area contributed by atoms with Gasteiger partial charge in [-0.3, -0.25) is 4.79 Å². The molecule has 0 spiro atoms. The first kappa shape index (κ1) is 15.6. The fourth-order valence-electron chi connectivity index (χ4n) is 2.09. The molecule has 1 aliphatic rings. The van der Waals surface area contributed by atoms with Gasteiger partial charge in [-0.05, 0) is 18.9 Å². The minimum absolute atomic E-state index is 0.121. The molecule has 0 radical (unpaired) electrons. The first-order valence-electron chi connectivity index (χ1n) is 6.35. The molecule has 1 aliphatic heterocycles. The lowest BCUT2D eigenvalue weighted by molar-refractivity contribution is -0.230. The highest BCUT2D eigenvalue weighted by atomic mass is 19.4. The standard InChI is InChI=1S/C13H14F3NO4/c1-17-7-8(4-5-10(17)18)12(19)21-11(13(14,15)16)9-3-2-6-20-9/h4-5,7,9,11H,2-3,6H2,1H3/t9-,11-/m0/s1. The van der Waals surface area contributed by atoms with Crippen molar-refractivity contribution in [2.45, 2.75) is 31.2 Å². The molecule has 0 aliphatic carbocycles. The zero-order valence-electron chi connectivity index (χ0n) is 11.2. The summed E-state index contributed by atoms with van der Waals surface area (Å²) < 4.78 is 49.6. The Morgan fingerprint density at radius 3 is 2.71 bits per heavy atom. The predicted molar refractivity (Wildman–Crippen MR) is 65.9 cm³/mol. The number of esters is 1. The maximum Gasteiger partial charge on any atom is 0.428 e. The number of nitrogens with zero attached hydrogens (tertiary/aromatic N) is 1. The Bertz CT molecular complexity index is 576. The second kappa shape index (κ2) is 5.88. The van der Waals surface area contributed by atoms with Crippen molar-refractivity contribution in [3.8, 4) is 0 Å². The normalized spacial score (nSPS) is 20.3. The number of carbonyl (C=O) groups excluding carboxylic acids is 1. The zero-order chi connectivity index (χ0) is 15.6. The van der Waals surface area contributed by atoms with Gasteiger partial charge in [0.25, 0.3) is 0 Å². The average molecular weight is 305 g/mol. The highest BCUT2D eigenvalue weighted by Crippen LogP contribution is 2.31. The molecule has 0 saturated carbocycles. The van der Waals surface area contributed by atoms with Crippen LogP contribution in [0, 0.1) is 0 Å². The van der Waals surface area contributed by atoms with E-state index in [9.17, 15) is 22.8 Å². The molecule has 1 aromatic heterocycles. The highest BCUT2D eigenvalue weighted by molar-refractivity contribution is 5.89. The summed E-state index contributed by atoms with van der Waals surface area (Å²) in [6.07, 6.45) is -6.37. The van der Waals surface area contributed by atoms with E-state index in [2.05, 4.69) is 4.74 Å². The van der Waals surface area contributed by atoms with Gasteiger partial charge in [0.1, 0.15) is 6.10 Å². The Morgan fingerprint density at radius 2 is 2.19 bits per heavy atom. The van der Waals surface area contributed by atoms with Crippen LogP contribution >= 0.6 is 0 Å². The Balaban J connectivity index is 2.17. The van der Waals surface area contributed by atoms with Gasteiger partial charge in [0, 0.05) is 25.9 Å². The summed E-state index contributed by atoms with van der Waals surface area (Å²) in [5.41, 5.74) is -0.498. The highest BCUT2D eigenvalue weighted by Gasteiger charge is 2.49. The fraction of sp³-hybridized carbons (Fsp3) is 0.538. The molecule has 1 aromatic rings. The number of halogens is 3. The van der Waals surface area contributed by atoms with Gasteiger partial charge >= 0.3 is 12.1 Å². The Hall–Kier alpha value is -1.83. The van der Waals surface area contributed by atoms with Gasteiger partial charge in [-0.2, -0.15) is 13.2 Å². The molecule has 0 amide bonds. The number of carbonyl (C=O) groups is 1. The van der Waals surface area contributed by atoms with Crippen molar-refractivity contribution < 1.29 is 27.4 Å². The lowest BCUT2D eigenvalue weighted by Gasteiger charge is -2.25. The Labute approximate surface area is 118 Å². The molecule has 0 unspecified atom stereocenters. The van der Waals surface area contributed by atoms with E-state index in [4.69, 9.17) is 4.74 Å². The summed E-state index contributed by atoms with van der Waals surface area (Å²) in [6, 6.07) is 2.22. The molecule has 1 fully saturated rings. The number of rotatable bonds is 3. The lowest BCUT2D eigenvalue weighted by Crippen LogP contribution is -2.43. The third-order valence-corrected chi connectivity index (χ3v) is 3.18. The number of hydrogen-bond donors (Lipinski definition) is 0. The minimum atomic E-state index is -4.70. The van der Waals surface area contributed by atoms with Crippen LogP contribution in [-0.2, 0) is 16.5 Å². The van der Waals surface area contributed by atoms with Crippen LogP contribution in [0.2, 0.25) is 0 Å². The predicted octanol–water partition coefficient (Wildman–Crippen LogP) is 1.65. The van der Waals surface area contributed by atoms with E-state index in [0.29, 0.717) is 6.42 Å². The van der Waals surface area contributed by atoms with Crippen LogP contribution in [0.1, 0.15) is 23.2 Å². The molecule has 5 nitrogen and oxygen atoms in total. The van der Waals surface area contributed by atoms with Gasteiger partial charge in [0.2, 0.25) is 11.7 Å². The van der Waals surface area contributed by atoms with Crippen molar-refractivity contribution in [2.75, 3.05) is 6.61 Å². The zero-order valence-corrected chi connectivity index (χ0v) is 11.2. The van der Waals surface area contributed by atoms with E-state index in [0.717, 1.165) is 22.9 Å². The van der Waals surface area contributed by atoms with Crippen molar-refractivity contribution >= 4 is 5.97 Å². The van der Waals surface area contributed by atoms with E-state index >= 15 is 0 Å². The smallest absolute Gasteiger partial charge is 0.428 e. The van der Waals surface area contributed by atoms with Crippen molar-refractivity contribution in [3.63, 3.8) is 0 Å². The van der Waals surface area contributed by atoms with Crippen LogP contribution in [0.15, 0.2) is 23.1 Å². The molecule has 2 rings (SSSR count). The summed E-state index contributed by atoms with van der Waals surface area (Å²) in [5, 5.41) is 0. The van der Waals surface area contributed by atoms with E-state index in [-0.39, 0.29) is 24.2 Å². The SMILES string of the molecule is Cn1cc(C(=O)O[C@@H]([C@@H]2CCCO2)C(F)(F)F)ccc1=O. The second-order valence-electron chi connectivity index (χ2n) is 4.79. The maximum atomic E-state index is 13.0. The number of aryl methyl sites for hydroxylation is 1. The van der Waals surface area contributed by atoms with Gasteiger partial charge < -0.3 is 14.0 Å². The molecule has 2 heterocycles. The Morgan fingerprint density at radius 1 is 1.48 bits per heavy atom. The first-order valence-corrected chi connectivity index (χ1v) is 6.35. The number of pyridine rings is 1. The van der Waals surface area contributed by atoms with Crippen molar-refractivity contribution in [1.29, 1.82) is 0 Å². The molecular weight excluding hydrogens is 291 g/mol. The molecule has 0 N–H and O–H groups in total. The molecule has 0 bridgehead atoms. The quantitative estimate of drug-likeness (QED) is 0.797. The number of aromatic nitrogens is 1. The summed E-state index contributed by atoms with van der Waals surface area (Å²) in [5.74, 6) is -1.14. The third kappa shape index (κ3) is 3.63. The largest absolute Gasteiger partial charge is 0.446 e. The average Bonchev–Trinajstić information content (AvgIpc) is 2.91. The molecule has 21 heavy (non-hydrogen) atoms. The van der Waals surface area contributed by atoms with Gasteiger partial charge in [0.05, 0.1) is 5.56 Å². The molecule has 8 heteroatoms. The molecule has 0 aromatic carbocycles. The van der Waals surface area contributed by atoms with Crippen LogP contribution in [0.5, 0.6) is 0 Å². The summed E-state index contributed by atoms with van der Waals surface area (Å²) in [6.45, 7) is 0.217. The van der Waals surface area contributed by atoms with Crippen molar-refractivity contribution in [1.82, 2.24) is 4.57 Å². The molecule has 2 atom stereocenters. The van der Waals surface area contributed by atoms with Crippen molar-refractivity contribution in [3.05, 3.63) is 34.2 Å². The summed E-state index contributed by atoms with van der Waals surface area (Å²) in [7, 11) is 1.39. The van der Waals surface area contributed by atoms with Crippen LogP contribution in [0.4, 0.5) is 13.2 Å². The maximum absolute atomic E-state index is 13.0. The van der Waals surface area contributed by atoms with Gasteiger partial charge in [-0.25, -0.2) is 4.79 Å².